The molecular weight excluding hydrogens is 805 g/mol. The third-order valence-corrected chi connectivity index (χ3v) is 17.7. The molecule has 0 saturated heterocycles. The van der Waals surface area contributed by atoms with Gasteiger partial charge in [-0.15, -0.1) is 0 Å². The fourth-order valence-electron chi connectivity index (χ4n) is 10.0. The molecule has 2 nitrogen and oxygen atoms in total. The molecule has 10 aromatic rings. The molecule has 10 rings (SSSR count). The molecule has 0 aliphatic heterocycles. The van der Waals surface area contributed by atoms with E-state index in [2.05, 4.69) is 247 Å². The van der Waals surface area contributed by atoms with Gasteiger partial charge in [0.25, 0.3) is 0 Å². The molecule has 64 heavy (non-hydrogen) atoms. The number of fused-ring (bicyclic) bond motifs is 2. The van der Waals surface area contributed by atoms with E-state index in [4.69, 9.17) is 0 Å². The van der Waals surface area contributed by atoms with E-state index in [0.29, 0.717) is 11.8 Å². The number of rotatable bonds is 10. The van der Waals surface area contributed by atoms with Crippen molar-refractivity contribution in [3.63, 3.8) is 0 Å². The lowest BCUT2D eigenvalue weighted by atomic mass is 9.84. The van der Waals surface area contributed by atoms with Crippen molar-refractivity contribution in [2.45, 2.75) is 78.8 Å². The first-order valence-corrected chi connectivity index (χ1v) is 30.2. The fourth-order valence-corrected chi connectivity index (χ4v) is 12.4. The Morgan fingerprint density at radius 3 is 1.00 bits per heavy atom. The quantitative estimate of drug-likeness (QED) is 0.0998. The van der Waals surface area contributed by atoms with Crippen molar-refractivity contribution in [1.29, 1.82) is 0 Å². The predicted molar refractivity (Wildman–Crippen MR) is 289 cm³/mol. The first-order valence-electron chi connectivity index (χ1n) is 23.2. The molecule has 0 spiro atoms. The Hall–Kier alpha value is -6.21. The van der Waals surface area contributed by atoms with E-state index in [-0.39, 0.29) is 0 Å². The Labute approximate surface area is 382 Å². The largest absolute Gasteiger partial charge is 0.310 e. The summed E-state index contributed by atoms with van der Waals surface area (Å²) in [6, 6.07) is 65.1. The number of nitrogens with zero attached hydrogens (tertiary/aromatic N) is 2. The normalized spacial score (nSPS) is 12.5. The van der Waals surface area contributed by atoms with Gasteiger partial charge in [0.05, 0.1) is 27.5 Å². The molecule has 10 aromatic carbocycles. The summed E-state index contributed by atoms with van der Waals surface area (Å²) < 4.78 is 0. The highest BCUT2D eigenvalue weighted by Crippen LogP contribution is 2.51. The van der Waals surface area contributed by atoms with Crippen LogP contribution in [0.25, 0.3) is 53.9 Å². The first kappa shape index (κ1) is 41.8. The van der Waals surface area contributed by atoms with Gasteiger partial charge < -0.3 is 9.80 Å². The van der Waals surface area contributed by atoms with Gasteiger partial charge in [-0.25, -0.2) is 0 Å². The molecule has 318 valence electrons. The Kier molecular flexibility index (Phi) is 10.3. The molecule has 4 heteroatoms. The molecule has 0 amide bonds. The van der Waals surface area contributed by atoms with Gasteiger partial charge in [-0.05, 0) is 127 Å². The molecule has 0 unspecified atom stereocenters. The van der Waals surface area contributed by atoms with E-state index in [9.17, 15) is 0 Å². The SMILES string of the molecule is CC(C)c1cc(N(c2ccc([Si](C)(C)C)cc2)c2ccc3ccccc3c2)c2ccc3c(C(C)C)cc(N(c4ccc([Si](C)(C)C)cc4)c4ccc5ccccc5c4)c4ccc1c2c34. The van der Waals surface area contributed by atoms with Gasteiger partial charge in [0.15, 0.2) is 0 Å². The molecule has 0 aliphatic rings. The minimum Gasteiger partial charge on any atom is -0.310 e. The van der Waals surface area contributed by atoms with Gasteiger partial charge in [0.2, 0.25) is 0 Å². The van der Waals surface area contributed by atoms with Crippen molar-refractivity contribution in [3.05, 3.63) is 181 Å². The minimum atomic E-state index is -1.52. The lowest BCUT2D eigenvalue weighted by molar-refractivity contribution is 0.875. The summed E-state index contributed by atoms with van der Waals surface area (Å²) in [6.45, 7) is 24.0. The van der Waals surface area contributed by atoms with Gasteiger partial charge in [-0.1, -0.05) is 187 Å². The van der Waals surface area contributed by atoms with Crippen molar-refractivity contribution in [1.82, 2.24) is 0 Å². The minimum absolute atomic E-state index is 0.305. The van der Waals surface area contributed by atoms with Crippen LogP contribution in [0.1, 0.15) is 50.7 Å². The van der Waals surface area contributed by atoms with Crippen LogP contribution in [-0.4, -0.2) is 16.1 Å². The van der Waals surface area contributed by atoms with Crippen LogP contribution < -0.4 is 20.2 Å². The van der Waals surface area contributed by atoms with Gasteiger partial charge >= 0.3 is 0 Å². The van der Waals surface area contributed by atoms with Crippen LogP contribution in [0.4, 0.5) is 34.1 Å². The summed E-state index contributed by atoms with van der Waals surface area (Å²) in [5, 5.41) is 15.8. The van der Waals surface area contributed by atoms with Crippen LogP contribution >= 0.6 is 0 Å². The Balaban J connectivity index is 1.30. The van der Waals surface area contributed by atoms with Crippen LogP contribution in [0.2, 0.25) is 39.3 Å². The summed E-state index contributed by atoms with van der Waals surface area (Å²) in [6.07, 6.45) is 0. The average molecular weight is 865 g/mol. The van der Waals surface area contributed by atoms with Crippen LogP contribution in [0, 0.1) is 0 Å². The van der Waals surface area contributed by atoms with E-state index >= 15 is 0 Å². The van der Waals surface area contributed by atoms with Crippen LogP contribution in [0.15, 0.2) is 170 Å². The zero-order valence-corrected chi connectivity index (χ0v) is 41.2. The molecule has 0 fully saturated rings. The topological polar surface area (TPSA) is 6.48 Å². The summed E-state index contributed by atoms with van der Waals surface area (Å²) >= 11 is 0. The Morgan fingerprint density at radius 2 is 0.656 bits per heavy atom. The Morgan fingerprint density at radius 1 is 0.328 bits per heavy atom. The maximum absolute atomic E-state index is 2.53. The molecule has 0 N–H and O–H groups in total. The molecule has 0 radical (unpaired) electrons. The van der Waals surface area contributed by atoms with E-state index in [1.807, 2.05) is 0 Å². The van der Waals surface area contributed by atoms with Crippen LogP contribution in [-0.2, 0) is 0 Å². The number of hydrogen-bond donors (Lipinski definition) is 0. The second kappa shape index (κ2) is 15.8. The highest BCUT2D eigenvalue weighted by atomic mass is 28.3. The summed E-state index contributed by atoms with van der Waals surface area (Å²) in [5.41, 5.74) is 9.84. The monoisotopic (exact) mass is 864 g/mol. The summed E-state index contributed by atoms with van der Waals surface area (Å²) in [5.74, 6) is 0.609. The fraction of sp³-hybridized carbons (Fsp3) is 0.200. The summed E-state index contributed by atoms with van der Waals surface area (Å²) in [4.78, 5) is 5.06. The highest BCUT2D eigenvalue weighted by Gasteiger charge is 2.27. The van der Waals surface area contributed by atoms with Crippen LogP contribution in [0.3, 0.4) is 0 Å². The predicted octanol–water partition coefficient (Wildman–Crippen LogP) is 17.2. The third-order valence-electron chi connectivity index (χ3n) is 13.6. The zero-order valence-electron chi connectivity index (χ0n) is 39.2. The van der Waals surface area contributed by atoms with E-state index in [1.165, 1.54) is 98.1 Å². The maximum atomic E-state index is 2.53. The molecule has 0 atom stereocenters. The first-order chi connectivity index (χ1) is 30.7. The smallest absolute Gasteiger partial charge is 0.0775 e. The van der Waals surface area contributed by atoms with Crippen molar-refractivity contribution >= 4 is 115 Å². The van der Waals surface area contributed by atoms with Crippen molar-refractivity contribution in [2.24, 2.45) is 0 Å². The zero-order chi connectivity index (χ0) is 44.7. The number of benzene rings is 10. The third kappa shape index (κ3) is 7.27. The molecule has 0 heterocycles. The van der Waals surface area contributed by atoms with Crippen molar-refractivity contribution < 1.29 is 0 Å². The van der Waals surface area contributed by atoms with Gasteiger partial charge in [-0.3, -0.25) is 0 Å². The average Bonchev–Trinajstić information content (AvgIpc) is 3.28. The molecule has 0 aromatic heterocycles. The lowest BCUT2D eigenvalue weighted by Gasteiger charge is -2.32. The van der Waals surface area contributed by atoms with Crippen LogP contribution in [0.5, 0.6) is 0 Å². The molecular formula is C60H60N2Si2. The Bertz CT molecular complexity index is 3120. The van der Waals surface area contributed by atoms with Crippen molar-refractivity contribution in [2.75, 3.05) is 9.80 Å². The number of hydrogen-bond acceptors (Lipinski definition) is 2. The van der Waals surface area contributed by atoms with Gasteiger partial charge in [-0.2, -0.15) is 0 Å². The van der Waals surface area contributed by atoms with E-state index in [1.54, 1.807) is 0 Å². The standard InChI is InChI=1S/C60H60N2Si2/c1-39(2)55-37-57(61(45-23-27-49(28-24-45)63(5,6)7)47-21-19-41-15-11-13-17-43(41)35-47)53-34-32-52-56(40(3)4)38-58(54-33-31-51(55)59(53)60(52)54)62(46-25-29-50(30-26-46)64(8,9)10)48-22-20-42-16-12-14-18-44(42)36-48/h11-40H,1-10H3. The highest BCUT2D eigenvalue weighted by molar-refractivity contribution is 6.89. The number of anilines is 6. The van der Waals surface area contributed by atoms with Gasteiger partial charge in [0.1, 0.15) is 0 Å². The summed E-state index contributed by atoms with van der Waals surface area (Å²) in [7, 11) is -3.04. The van der Waals surface area contributed by atoms with E-state index < -0.39 is 16.1 Å². The van der Waals surface area contributed by atoms with Gasteiger partial charge in [0, 0.05) is 33.5 Å². The maximum Gasteiger partial charge on any atom is 0.0775 e. The second-order valence-electron chi connectivity index (χ2n) is 20.7. The molecule has 0 bridgehead atoms. The second-order valence-corrected chi connectivity index (χ2v) is 30.8. The van der Waals surface area contributed by atoms with E-state index in [0.717, 1.165) is 11.4 Å². The lowest BCUT2D eigenvalue weighted by Crippen LogP contribution is -2.37. The molecule has 0 aliphatic carbocycles. The molecule has 0 saturated carbocycles. The van der Waals surface area contributed by atoms with Crippen molar-refractivity contribution in [3.8, 4) is 0 Å².